The first-order valence-electron chi connectivity index (χ1n) is 16.5. The zero-order valence-corrected chi connectivity index (χ0v) is 28.9. The number of hydrogen-bond acceptors (Lipinski definition) is 16. The molecule has 6 heterocycles. The highest BCUT2D eigenvalue weighted by Gasteiger charge is 2.37. The Balaban J connectivity index is 0.863. The molecule has 1 aromatic carbocycles. The van der Waals surface area contributed by atoms with Crippen LogP contribution in [0.4, 0.5) is 5.82 Å². The molecule has 4 aliphatic rings. The number of benzene rings is 1. The van der Waals surface area contributed by atoms with Crippen LogP contribution in [0.2, 0.25) is 0 Å². The van der Waals surface area contributed by atoms with E-state index in [1.165, 1.54) is 18.5 Å². The van der Waals surface area contributed by atoms with Crippen LogP contribution in [-0.4, -0.2) is 103 Å². The summed E-state index contributed by atoms with van der Waals surface area (Å²) < 4.78 is 31.9. The predicted octanol–water partition coefficient (Wildman–Crippen LogP) is 2.30. The molecule has 2 unspecified atom stereocenters. The van der Waals surface area contributed by atoms with Crippen molar-refractivity contribution in [3.63, 3.8) is 0 Å². The van der Waals surface area contributed by atoms with E-state index in [9.17, 15) is 19.7 Å². The lowest BCUT2D eigenvalue weighted by Gasteiger charge is -2.29. The number of aromatic nitrogens is 4. The molecule has 4 aliphatic heterocycles. The van der Waals surface area contributed by atoms with Crippen LogP contribution < -0.4 is 21.3 Å². The number of aromatic hydroxyl groups is 1. The highest BCUT2D eigenvalue weighted by molar-refractivity contribution is 8.54. The van der Waals surface area contributed by atoms with Crippen molar-refractivity contribution in [2.45, 2.75) is 62.3 Å². The third-order valence-electron chi connectivity index (χ3n) is 8.81. The number of imidazole rings is 1. The van der Waals surface area contributed by atoms with Gasteiger partial charge in [-0.15, -0.1) is 0 Å². The van der Waals surface area contributed by atoms with E-state index in [0.29, 0.717) is 49.6 Å². The van der Waals surface area contributed by atoms with Gasteiger partial charge in [0.1, 0.15) is 36.5 Å². The van der Waals surface area contributed by atoms with Crippen molar-refractivity contribution in [1.82, 2.24) is 40.4 Å². The van der Waals surface area contributed by atoms with Gasteiger partial charge in [0.25, 0.3) is 0 Å². The number of ether oxygens (including phenoxy) is 2. The number of fused-ring (bicyclic) bond motifs is 1. The van der Waals surface area contributed by atoms with Crippen molar-refractivity contribution in [2.24, 2.45) is 4.99 Å². The summed E-state index contributed by atoms with van der Waals surface area (Å²) in [6, 6.07) is 6.47. The summed E-state index contributed by atoms with van der Waals surface area (Å²) >= 11 is 0.829. The molecule has 7 rings (SSSR count). The van der Waals surface area contributed by atoms with Gasteiger partial charge in [-0.25, -0.2) is 19.5 Å². The van der Waals surface area contributed by atoms with Gasteiger partial charge in [0.15, 0.2) is 17.0 Å². The number of nitrogens with one attached hydrogen (secondary N) is 4. The Labute approximate surface area is 292 Å². The lowest BCUT2D eigenvalue weighted by atomic mass is 10.2. The second-order valence-electron chi connectivity index (χ2n) is 12.2. The van der Waals surface area contributed by atoms with Crippen LogP contribution >= 0.6 is 18.2 Å². The Kier molecular flexibility index (Phi) is 10.9. The fourth-order valence-electron chi connectivity index (χ4n) is 6.24. The van der Waals surface area contributed by atoms with Crippen molar-refractivity contribution in [3.8, 4) is 5.75 Å². The van der Waals surface area contributed by atoms with Crippen molar-refractivity contribution >= 4 is 41.5 Å². The average molecular weight is 729 g/mol. The van der Waals surface area contributed by atoms with Gasteiger partial charge in [-0.1, -0.05) is 24.3 Å². The van der Waals surface area contributed by atoms with Gasteiger partial charge in [0.05, 0.1) is 50.5 Å². The molecule has 17 nitrogen and oxygen atoms in total. The standard InChI is InChI=1S/C31H41N10O7PS/c42-13-22-7-9-24(47-22)40-18-38-26-28(34-16-36-30(26)40)32-11-1-2-12-33-29-27-31(37-17-35-29)41(19-39-27)25-10-8-23(48-25)14-46-49(44,45)50-15-20-3-5-21(43)6-4-20/h1-6,16-17,19,22-25,28,32,38,42-43H,7-15,18H2,(H,34,36)(H,44,45)(H,33,35,37)/b2-1+/t22-,23-,24+,25+,28?/m0/s1. The van der Waals surface area contributed by atoms with Crippen molar-refractivity contribution in [2.75, 3.05) is 38.3 Å². The molecular formula is C31H41N10O7PS. The van der Waals surface area contributed by atoms with Crippen LogP contribution in [0.3, 0.4) is 0 Å². The van der Waals surface area contributed by atoms with E-state index in [1.54, 1.807) is 24.8 Å². The fraction of sp³-hybridized carbons (Fsp3) is 0.484. The van der Waals surface area contributed by atoms with E-state index in [-0.39, 0.29) is 55.5 Å². The lowest BCUT2D eigenvalue weighted by Crippen LogP contribution is -2.41. The Morgan fingerprint density at radius 3 is 2.70 bits per heavy atom. The first kappa shape index (κ1) is 34.7. The maximum Gasteiger partial charge on any atom is 0.386 e. The number of phenolic OH excluding ortho intramolecular Hbond substituents is 1. The molecular weight excluding hydrogens is 687 g/mol. The molecule has 0 aliphatic carbocycles. The first-order chi connectivity index (χ1) is 24.4. The second-order valence-corrected chi connectivity index (χ2v) is 16.1. The van der Waals surface area contributed by atoms with Gasteiger partial charge in [0.2, 0.25) is 0 Å². The zero-order valence-electron chi connectivity index (χ0n) is 27.2. The molecule has 0 saturated carbocycles. The highest BCUT2D eigenvalue weighted by atomic mass is 32.7. The molecule has 0 bridgehead atoms. The minimum atomic E-state index is -3.90. The summed E-state index contributed by atoms with van der Waals surface area (Å²) in [6.07, 6.45) is 10.8. The molecule has 2 saturated heterocycles. The van der Waals surface area contributed by atoms with Crippen LogP contribution in [0.5, 0.6) is 5.75 Å². The molecule has 0 spiro atoms. The zero-order chi connectivity index (χ0) is 34.5. The molecule has 3 aromatic rings. The number of nitrogens with zero attached hydrogens (tertiary/aromatic N) is 6. The summed E-state index contributed by atoms with van der Waals surface area (Å²) in [5.41, 5.74) is 3.01. The van der Waals surface area contributed by atoms with E-state index in [0.717, 1.165) is 41.3 Å². The first-order valence-corrected chi connectivity index (χ1v) is 19.7. The number of aliphatic hydroxyl groups excluding tert-OH is 1. The Morgan fingerprint density at radius 1 is 1.06 bits per heavy atom. The van der Waals surface area contributed by atoms with E-state index in [4.69, 9.17) is 14.0 Å². The normalized spacial score (nSPS) is 26.0. The van der Waals surface area contributed by atoms with Crippen molar-refractivity contribution < 1.29 is 33.7 Å². The highest BCUT2D eigenvalue weighted by Crippen LogP contribution is 2.57. The van der Waals surface area contributed by atoms with Crippen LogP contribution in [0, 0.1) is 0 Å². The monoisotopic (exact) mass is 728 g/mol. The van der Waals surface area contributed by atoms with Gasteiger partial charge < -0.3 is 45.4 Å². The quantitative estimate of drug-likeness (QED) is 0.0884. The van der Waals surface area contributed by atoms with E-state index in [1.807, 2.05) is 16.7 Å². The predicted molar refractivity (Wildman–Crippen MR) is 187 cm³/mol. The fourth-order valence-corrected chi connectivity index (χ4v) is 8.52. The summed E-state index contributed by atoms with van der Waals surface area (Å²) in [5, 5.41) is 32.3. The van der Waals surface area contributed by atoms with Gasteiger partial charge in [-0.2, -0.15) is 0 Å². The topological polar surface area (TPSA) is 213 Å². The molecule has 19 heteroatoms. The van der Waals surface area contributed by atoms with Crippen molar-refractivity contribution in [1.29, 1.82) is 0 Å². The molecule has 7 N–H and O–H groups in total. The summed E-state index contributed by atoms with van der Waals surface area (Å²) in [6.45, 7) is -2.15. The summed E-state index contributed by atoms with van der Waals surface area (Å²) in [5.74, 6) is 1.96. The Morgan fingerprint density at radius 2 is 1.86 bits per heavy atom. The maximum absolute atomic E-state index is 12.6. The van der Waals surface area contributed by atoms with Gasteiger partial charge in [0, 0.05) is 18.8 Å². The Hall–Kier alpha value is -3.74. The number of hydrogen-bond donors (Lipinski definition) is 7. The van der Waals surface area contributed by atoms with E-state index < -0.39 is 6.80 Å². The lowest BCUT2D eigenvalue weighted by molar-refractivity contribution is -0.0539. The largest absolute Gasteiger partial charge is 0.508 e. The van der Waals surface area contributed by atoms with Crippen LogP contribution in [-0.2, 0) is 24.3 Å². The number of aliphatic hydroxyl groups is 1. The maximum atomic E-state index is 12.6. The number of rotatable bonds is 15. The van der Waals surface area contributed by atoms with E-state index >= 15 is 0 Å². The molecule has 0 radical (unpaired) electrons. The number of phenols is 1. The third-order valence-corrected chi connectivity index (χ3v) is 11.8. The van der Waals surface area contributed by atoms with Crippen LogP contribution in [0.25, 0.3) is 11.2 Å². The smallest absolute Gasteiger partial charge is 0.386 e. The molecule has 0 amide bonds. The number of anilines is 1. The van der Waals surface area contributed by atoms with Gasteiger partial charge in [-0.3, -0.25) is 19.4 Å². The summed E-state index contributed by atoms with van der Waals surface area (Å²) in [4.78, 5) is 30.4. The average Bonchev–Trinajstić information content (AvgIpc) is 3.94. The molecule has 2 fully saturated rings. The van der Waals surface area contributed by atoms with Crippen molar-refractivity contribution in [3.05, 3.63) is 66.2 Å². The van der Waals surface area contributed by atoms with E-state index in [2.05, 4.69) is 46.1 Å². The third kappa shape index (κ3) is 8.08. The number of aliphatic imine (C=N–C) groups is 1. The second kappa shape index (κ2) is 15.7. The minimum Gasteiger partial charge on any atom is -0.508 e. The SMILES string of the molecule is O=P(O)(OC[C@@H]1CC[C@H](n2cnc3c(NC/C=C/CNC4N=CNC5=C4NCN5[C@H]4CC[C@@H](CO)O4)ncnc32)O1)SCc1ccc(O)cc1. The minimum absolute atomic E-state index is 0.0125. The van der Waals surface area contributed by atoms with Crippen LogP contribution in [0.15, 0.2) is 65.6 Å². The molecule has 50 heavy (non-hydrogen) atoms. The molecule has 6 atom stereocenters. The van der Waals surface area contributed by atoms with Gasteiger partial charge >= 0.3 is 6.80 Å². The molecule has 268 valence electrons. The van der Waals surface area contributed by atoms with Crippen LogP contribution in [0.1, 0.15) is 37.5 Å². The summed E-state index contributed by atoms with van der Waals surface area (Å²) in [7, 11) is 0. The van der Waals surface area contributed by atoms with Gasteiger partial charge in [-0.05, 0) is 54.8 Å². The molecule has 2 aromatic heterocycles. The Bertz CT molecular complexity index is 1780.